The molecule has 0 aromatic heterocycles. The number of nitrogens with two attached hydrogens (primary N) is 1. The second-order valence-corrected chi connectivity index (χ2v) is 12.3. The minimum absolute atomic E-state index is 0.0148. The number of aliphatic hydroxyl groups excluding tert-OH is 2. The van der Waals surface area contributed by atoms with Crippen molar-refractivity contribution in [2.75, 3.05) is 21.1 Å². The van der Waals surface area contributed by atoms with Crippen molar-refractivity contribution in [3.05, 3.63) is 69.7 Å². The van der Waals surface area contributed by atoms with Crippen molar-refractivity contribution >= 4 is 23.2 Å². The molecule has 0 heterocycles. The van der Waals surface area contributed by atoms with Gasteiger partial charge in [-0.05, 0) is 88.6 Å². The Labute approximate surface area is 248 Å². The lowest BCUT2D eigenvalue weighted by Gasteiger charge is -2.50. The third kappa shape index (κ3) is 4.54. The molecule has 0 saturated heterocycles. The highest BCUT2D eigenvalue weighted by molar-refractivity contribution is 6.24. The Bertz CT molecular complexity index is 1630. The standard InChI is InChI=1S/C32H36FN3O7/c1-14(2)36(5)13-17-10-15(6-8-21(17)33)18-7-9-22(37)24-19(18)11-16-12-20-26(35(3)4)28(39)25(31(34)42)30(41)32(20,43)29(40)23(16)27(24)38/h6-10,14,16,20,26,37-38,41,43H,11-13H2,1-5H3,(H2,34,42)/t16?,20?,26-,32-/m0/s1. The second kappa shape index (κ2) is 10.6. The molecule has 2 aromatic carbocycles. The number of ketones is 2. The molecule has 1 amide bonds. The van der Waals surface area contributed by atoms with Crippen LogP contribution in [-0.2, 0) is 27.3 Å². The van der Waals surface area contributed by atoms with Crippen molar-refractivity contribution in [2.45, 2.75) is 50.9 Å². The number of hydrogen-bond donors (Lipinski definition) is 5. The van der Waals surface area contributed by atoms with Gasteiger partial charge in [0.1, 0.15) is 28.7 Å². The van der Waals surface area contributed by atoms with Gasteiger partial charge < -0.3 is 26.2 Å². The highest BCUT2D eigenvalue weighted by Crippen LogP contribution is 2.53. The fourth-order valence-corrected chi connectivity index (χ4v) is 6.83. The summed E-state index contributed by atoms with van der Waals surface area (Å²) in [4.78, 5) is 42.9. The van der Waals surface area contributed by atoms with Crippen molar-refractivity contribution in [1.29, 1.82) is 0 Å². The predicted molar refractivity (Wildman–Crippen MR) is 156 cm³/mol. The van der Waals surface area contributed by atoms with Crippen LogP contribution in [-0.4, -0.2) is 86.5 Å². The summed E-state index contributed by atoms with van der Waals surface area (Å²) >= 11 is 0. The summed E-state index contributed by atoms with van der Waals surface area (Å²) in [5.41, 5.74) is 3.81. The average Bonchev–Trinajstić information content (AvgIpc) is 2.91. The van der Waals surface area contributed by atoms with Crippen LogP contribution in [0.5, 0.6) is 5.75 Å². The van der Waals surface area contributed by atoms with Gasteiger partial charge in [-0.2, -0.15) is 0 Å². The van der Waals surface area contributed by atoms with Crippen molar-refractivity contribution < 1.29 is 39.2 Å². The van der Waals surface area contributed by atoms with Gasteiger partial charge in [0.25, 0.3) is 5.91 Å². The predicted octanol–water partition coefficient (Wildman–Crippen LogP) is 2.61. The summed E-state index contributed by atoms with van der Waals surface area (Å²) in [6, 6.07) is 6.74. The lowest BCUT2D eigenvalue weighted by atomic mass is 9.57. The molecule has 11 heteroatoms. The normalized spacial score (nSPS) is 25.4. The molecular formula is C32H36FN3O7. The molecule has 2 unspecified atom stereocenters. The Balaban J connectivity index is 1.68. The zero-order valence-electron chi connectivity index (χ0n) is 24.7. The fourth-order valence-electron chi connectivity index (χ4n) is 6.83. The van der Waals surface area contributed by atoms with E-state index in [2.05, 4.69) is 0 Å². The number of nitrogens with zero attached hydrogens (tertiary/aromatic N) is 2. The third-order valence-corrected chi connectivity index (χ3v) is 9.26. The molecule has 6 N–H and O–H groups in total. The molecule has 0 spiro atoms. The number of hydrogen-bond acceptors (Lipinski definition) is 9. The van der Waals surface area contributed by atoms with Crippen LogP contribution in [0.25, 0.3) is 16.9 Å². The van der Waals surface area contributed by atoms with Gasteiger partial charge in [-0.1, -0.05) is 12.1 Å². The van der Waals surface area contributed by atoms with E-state index in [0.717, 1.165) is 0 Å². The first-order valence-electron chi connectivity index (χ1n) is 14.1. The summed E-state index contributed by atoms with van der Waals surface area (Å²) in [5, 5.41) is 45.1. The van der Waals surface area contributed by atoms with Crippen molar-refractivity contribution in [1.82, 2.24) is 9.80 Å². The van der Waals surface area contributed by atoms with E-state index in [1.165, 1.54) is 17.0 Å². The molecule has 1 fully saturated rings. The molecule has 2 aromatic rings. The number of fused-ring (bicyclic) bond motifs is 3. The van der Waals surface area contributed by atoms with E-state index in [1.807, 2.05) is 25.8 Å². The van der Waals surface area contributed by atoms with E-state index >= 15 is 0 Å². The molecule has 4 atom stereocenters. The topological polar surface area (TPSA) is 165 Å². The zero-order chi connectivity index (χ0) is 31.7. The first kappa shape index (κ1) is 30.4. The van der Waals surface area contributed by atoms with Crippen LogP contribution in [0.15, 0.2) is 47.2 Å². The molecule has 1 saturated carbocycles. The van der Waals surface area contributed by atoms with Crippen LogP contribution in [0.1, 0.15) is 37.0 Å². The molecule has 43 heavy (non-hydrogen) atoms. The molecule has 10 nitrogen and oxygen atoms in total. The highest BCUT2D eigenvalue weighted by Gasteiger charge is 2.64. The Morgan fingerprint density at radius 2 is 1.79 bits per heavy atom. The van der Waals surface area contributed by atoms with E-state index in [0.29, 0.717) is 28.8 Å². The molecule has 3 aliphatic carbocycles. The number of aliphatic hydroxyl groups is 3. The summed E-state index contributed by atoms with van der Waals surface area (Å²) in [6.07, 6.45) is 0.117. The summed E-state index contributed by atoms with van der Waals surface area (Å²) in [7, 11) is 4.99. The number of phenolic OH excluding ortho intramolecular Hbond substituents is 1. The number of Topliss-reactive ketones (excluding diaryl/α,β-unsaturated/α-hetero) is 2. The Kier molecular flexibility index (Phi) is 7.48. The minimum Gasteiger partial charge on any atom is -0.508 e. The van der Waals surface area contributed by atoms with E-state index in [4.69, 9.17) is 5.73 Å². The number of halogens is 1. The average molecular weight is 594 g/mol. The van der Waals surface area contributed by atoms with Gasteiger partial charge >= 0.3 is 0 Å². The smallest absolute Gasteiger partial charge is 0.255 e. The maximum atomic E-state index is 14.8. The quantitative estimate of drug-likeness (QED) is 0.317. The van der Waals surface area contributed by atoms with Crippen molar-refractivity contribution in [3.8, 4) is 16.9 Å². The zero-order valence-corrected chi connectivity index (χ0v) is 24.7. The number of rotatable bonds is 6. The Morgan fingerprint density at radius 1 is 1.12 bits per heavy atom. The van der Waals surface area contributed by atoms with Gasteiger partial charge in [-0.25, -0.2) is 4.39 Å². The molecule has 0 bridgehead atoms. The number of phenols is 1. The maximum Gasteiger partial charge on any atom is 0.255 e. The number of primary amides is 1. The highest BCUT2D eigenvalue weighted by atomic mass is 19.1. The maximum absolute atomic E-state index is 14.8. The summed E-state index contributed by atoms with van der Waals surface area (Å²) < 4.78 is 14.8. The number of benzene rings is 2. The number of aromatic hydroxyl groups is 1. The first-order valence-corrected chi connectivity index (χ1v) is 14.1. The van der Waals surface area contributed by atoms with Gasteiger partial charge in [-0.15, -0.1) is 0 Å². The SMILES string of the molecule is CC(C)N(C)Cc1cc(-c2ccc(O)c3c2CC2CC4[C@H](N(C)C)C(=O)C(C(N)=O)=C(O)[C@@]4(O)C(=O)C2=C3O)ccc1F. The monoisotopic (exact) mass is 593 g/mol. The lowest BCUT2D eigenvalue weighted by molar-refractivity contribution is -0.153. The number of carbonyl (C=O) groups excluding carboxylic acids is 3. The Morgan fingerprint density at radius 3 is 2.40 bits per heavy atom. The third-order valence-electron chi connectivity index (χ3n) is 9.26. The van der Waals surface area contributed by atoms with Crippen molar-refractivity contribution in [3.63, 3.8) is 0 Å². The number of likely N-dealkylation sites (N-methyl/N-ethyl adjacent to an activating group) is 1. The second-order valence-electron chi connectivity index (χ2n) is 12.3. The molecule has 5 rings (SSSR count). The lowest BCUT2D eigenvalue weighted by Crippen LogP contribution is -2.65. The number of carbonyl (C=O) groups is 3. The first-order chi connectivity index (χ1) is 20.1. The van der Waals surface area contributed by atoms with Gasteiger partial charge in [0.05, 0.1) is 11.6 Å². The van der Waals surface area contributed by atoms with Gasteiger partial charge in [-0.3, -0.25) is 24.2 Å². The van der Waals surface area contributed by atoms with E-state index in [9.17, 15) is 39.2 Å². The van der Waals surface area contributed by atoms with Crippen LogP contribution in [0.4, 0.5) is 4.39 Å². The van der Waals surface area contributed by atoms with E-state index in [-0.39, 0.29) is 41.6 Å². The fraction of sp³-hybridized carbons (Fsp3) is 0.406. The largest absolute Gasteiger partial charge is 0.508 e. The molecule has 0 aliphatic heterocycles. The summed E-state index contributed by atoms with van der Waals surface area (Å²) in [6.45, 7) is 4.36. The van der Waals surface area contributed by atoms with Crippen LogP contribution < -0.4 is 5.73 Å². The van der Waals surface area contributed by atoms with Gasteiger partial charge in [0.15, 0.2) is 11.4 Å². The van der Waals surface area contributed by atoms with Crippen LogP contribution in [0.3, 0.4) is 0 Å². The van der Waals surface area contributed by atoms with Crippen molar-refractivity contribution in [2.24, 2.45) is 17.6 Å². The van der Waals surface area contributed by atoms with Crippen LogP contribution in [0.2, 0.25) is 0 Å². The minimum atomic E-state index is -2.70. The number of amides is 1. The van der Waals surface area contributed by atoms with Crippen LogP contribution >= 0.6 is 0 Å². The summed E-state index contributed by atoms with van der Waals surface area (Å²) in [5.74, 6) is -7.44. The van der Waals surface area contributed by atoms with E-state index in [1.54, 1.807) is 32.3 Å². The molecule has 0 radical (unpaired) electrons. The van der Waals surface area contributed by atoms with Gasteiger partial charge in [0.2, 0.25) is 5.78 Å². The van der Waals surface area contributed by atoms with E-state index < -0.39 is 58.0 Å². The Hall–Kier alpha value is -4.06. The molecular weight excluding hydrogens is 557 g/mol. The van der Waals surface area contributed by atoms with Crippen LogP contribution in [0, 0.1) is 17.7 Å². The molecule has 228 valence electrons. The molecule has 3 aliphatic rings. The van der Waals surface area contributed by atoms with Gasteiger partial charge in [0, 0.05) is 29.6 Å².